The van der Waals surface area contributed by atoms with Gasteiger partial charge < -0.3 is 9.47 Å². The molecule has 0 radical (unpaired) electrons. The van der Waals surface area contributed by atoms with Gasteiger partial charge in [0.15, 0.2) is 0 Å². The molecule has 0 amide bonds. The minimum Gasteiger partial charge on any atom is -0.381 e. The maximum absolute atomic E-state index is 6.21. The van der Waals surface area contributed by atoms with Crippen LogP contribution >= 0.6 is 0 Å². The van der Waals surface area contributed by atoms with E-state index in [0.717, 1.165) is 31.8 Å². The highest BCUT2D eigenvalue weighted by atomic mass is 16.5. The molecule has 4 heterocycles. The molecule has 5 nitrogen and oxygen atoms in total. The number of aryl methyl sites for hydroxylation is 1. The van der Waals surface area contributed by atoms with E-state index in [2.05, 4.69) is 16.2 Å². The molecule has 0 aromatic carbocycles. The van der Waals surface area contributed by atoms with Gasteiger partial charge in [0.05, 0.1) is 12.3 Å². The third-order valence-corrected chi connectivity index (χ3v) is 7.06. The van der Waals surface area contributed by atoms with E-state index in [1.807, 2.05) is 17.9 Å². The molecule has 1 aliphatic carbocycles. The zero-order valence-corrected chi connectivity index (χ0v) is 15.4. The third-order valence-electron chi connectivity index (χ3n) is 7.06. The highest BCUT2D eigenvalue weighted by Crippen LogP contribution is 2.55. The van der Waals surface area contributed by atoms with E-state index in [1.165, 1.54) is 57.2 Å². The van der Waals surface area contributed by atoms with Crippen LogP contribution in [0.3, 0.4) is 0 Å². The molecule has 3 saturated heterocycles. The number of hydrogen-bond donors (Lipinski definition) is 0. The molecule has 1 spiro atoms. The molecule has 1 aromatic heterocycles. The first kappa shape index (κ1) is 16.3. The quantitative estimate of drug-likeness (QED) is 0.841. The molecular formula is C20H31N3O2. The maximum Gasteiger partial charge on any atom is 0.0895 e. The van der Waals surface area contributed by atoms with Crippen LogP contribution in [-0.2, 0) is 16.5 Å². The van der Waals surface area contributed by atoms with Gasteiger partial charge in [0, 0.05) is 69.1 Å². The average Bonchev–Trinajstić information content (AvgIpc) is 3.34. The first-order valence-corrected chi connectivity index (χ1v) is 10.2. The second-order valence-electron chi connectivity index (χ2n) is 8.83. The summed E-state index contributed by atoms with van der Waals surface area (Å²) in [5.41, 5.74) is 1.83. The molecule has 25 heavy (non-hydrogen) atoms. The van der Waals surface area contributed by atoms with Gasteiger partial charge in [-0.1, -0.05) is 0 Å². The van der Waals surface area contributed by atoms with Crippen LogP contribution < -0.4 is 0 Å². The summed E-state index contributed by atoms with van der Waals surface area (Å²) in [7, 11) is 1.99. The van der Waals surface area contributed by atoms with Crippen molar-refractivity contribution in [3.05, 3.63) is 18.0 Å². The van der Waals surface area contributed by atoms with Crippen LogP contribution in [0.1, 0.15) is 50.2 Å². The average molecular weight is 345 g/mol. The van der Waals surface area contributed by atoms with Gasteiger partial charge in [-0.15, -0.1) is 0 Å². The van der Waals surface area contributed by atoms with Crippen molar-refractivity contribution in [2.75, 3.05) is 32.9 Å². The Morgan fingerprint density at radius 3 is 2.76 bits per heavy atom. The summed E-state index contributed by atoms with van der Waals surface area (Å²) < 4.78 is 13.8. The molecule has 1 unspecified atom stereocenters. The highest BCUT2D eigenvalue weighted by Gasteiger charge is 2.58. The standard InChI is InChI=1S/C20H31N3O2/c1-22-12-17(11-21-22)18-16(3-2-8-25-18)13-23-14-20(6-9-24-10-7-20)19(23)15-4-5-15/h11-12,15-16,18-19H,2-10,13-14H2,1H3/t16-,18+,19?/m0/s1. The fourth-order valence-corrected chi connectivity index (χ4v) is 5.78. The Bertz CT molecular complexity index is 606. The Balaban J connectivity index is 1.30. The van der Waals surface area contributed by atoms with Gasteiger partial charge in [-0.05, 0) is 44.4 Å². The second-order valence-corrected chi connectivity index (χ2v) is 8.83. The van der Waals surface area contributed by atoms with Crippen molar-refractivity contribution >= 4 is 0 Å². The maximum atomic E-state index is 6.21. The lowest BCUT2D eigenvalue weighted by molar-refractivity contribution is -0.155. The van der Waals surface area contributed by atoms with Gasteiger partial charge in [0.25, 0.3) is 0 Å². The summed E-state index contributed by atoms with van der Waals surface area (Å²) in [6.45, 7) is 5.32. The smallest absolute Gasteiger partial charge is 0.0895 e. The van der Waals surface area contributed by atoms with Crippen LogP contribution in [-0.4, -0.2) is 53.6 Å². The number of hydrogen-bond acceptors (Lipinski definition) is 4. The molecule has 0 bridgehead atoms. The number of ether oxygens (including phenoxy) is 2. The second kappa shape index (κ2) is 6.36. The Morgan fingerprint density at radius 1 is 1.20 bits per heavy atom. The molecular weight excluding hydrogens is 314 g/mol. The molecule has 5 heteroatoms. The van der Waals surface area contributed by atoms with Gasteiger partial charge in [-0.25, -0.2) is 0 Å². The normalized spacial score (nSPS) is 35.6. The number of likely N-dealkylation sites (tertiary alicyclic amines) is 1. The molecule has 5 rings (SSSR count). The summed E-state index contributed by atoms with van der Waals surface area (Å²) in [5.74, 6) is 1.56. The Hall–Kier alpha value is -0.910. The number of rotatable bonds is 4. The fourth-order valence-electron chi connectivity index (χ4n) is 5.78. The predicted molar refractivity (Wildman–Crippen MR) is 95.2 cm³/mol. The van der Waals surface area contributed by atoms with Crippen molar-refractivity contribution in [3.63, 3.8) is 0 Å². The summed E-state index contributed by atoms with van der Waals surface area (Å²) in [5, 5.41) is 4.37. The largest absolute Gasteiger partial charge is 0.381 e. The molecule has 1 saturated carbocycles. The van der Waals surface area contributed by atoms with Gasteiger partial charge in [-0.3, -0.25) is 9.58 Å². The van der Waals surface area contributed by atoms with E-state index in [1.54, 1.807) is 0 Å². The zero-order chi connectivity index (χ0) is 16.9. The lowest BCUT2D eigenvalue weighted by Crippen LogP contribution is -2.68. The van der Waals surface area contributed by atoms with Crippen molar-refractivity contribution < 1.29 is 9.47 Å². The molecule has 3 aliphatic heterocycles. The van der Waals surface area contributed by atoms with Gasteiger partial charge >= 0.3 is 0 Å². The molecule has 4 fully saturated rings. The minimum atomic E-state index is 0.230. The van der Waals surface area contributed by atoms with Crippen LogP contribution in [0.25, 0.3) is 0 Å². The SMILES string of the molecule is Cn1cc([C@@H]2OCCC[C@H]2CN2CC3(CCOCC3)C2C2CC2)cn1. The van der Waals surface area contributed by atoms with Gasteiger partial charge in [0.2, 0.25) is 0 Å². The van der Waals surface area contributed by atoms with Crippen molar-refractivity contribution in [1.29, 1.82) is 0 Å². The molecule has 4 aliphatic rings. The van der Waals surface area contributed by atoms with Crippen molar-refractivity contribution in [1.82, 2.24) is 14.7 Å². The van der Waals surface area contributed by atoms with Crippen molar-refractivity contribution in [2.45, 2.75) is 50.7 Å². The first-order chi connectivity index (χ1) is 12.3. The third kappa shape index (κ3) is 2.94. The van der Waals surface area contributed by atoms with E-state index in [0.29, 0.717) is 11.3 Å². The predicted octanol–water partition coefficient (Wildman–Crippen LogP) is 2.78. The first-order valence-electron chi connectivity index (χ1n) is 10.2. The summed E-state index contributed by atoms with van der Waals surface area (Å²) in [6, 6.07) is 0.813. The van der Waals surface area contributed by atoms with Crippen LogP contribution in [0.5, 0.6) is 0 Å². The lowest BCUT2D eigenvalue weighted by Gasteiger charge is -2.61. The topological polar surface area (TPSA) is 39.5 Å². The van der Waals surface area contributed by atoms with E-state index < -0.39 is 0 Å². The lowest BCUT2D eigenvalue weighted by atomic mass is 9.64. The monoisotopic (exact) mass is 345 g/mol. The van der Waals surface area contributed by atoms with E-state index >= 15 is 0 Å². The Labute approximate surface area is 150 Å². The van der Waals surface area contributed by atoms with Crippen molar-refractivity contribution in [2.24, 2.45) is 24.3 Å². The van der Waals surface area contributed by atoms with Gasteiger partial charge in [0.1, 0.15) is 0 Å². The Kier molecular flexibility index (Phi) is 4.14. The molecule has 138 valence electrons. The number of aromatic nitrogens is 2. The molecule has 3 atom stereocenters. The minimum absolute atomic E-state index is 0.230. The molecule has 0 N–H and O–H groups in total. The number of nitrogens with zero attached hydrogens (tertiary/aromatic N) is 3. The summed E-state index contributed by atoms with van der Waals surface area (Å²) in [4.78, 5) is 2.81. The molecule has 1 aromatic rings. The highest BCUT2D eigenvalue weighted by molar-refractivity contribution is 5.14. The van der Waals surface area contributed by atoms with Crippen LogP contribution in [0.15, 0.2) is 12.4 Å². The van der Waals surface area contributed by atoms with E-state index in [4.69, 9.17) is 9.47 Å². The van der Waals surface area contributed by atoms with E-state index in [9.17, 15) is 0 Å². The fraction of sp³-hybridized carbons (Fsp3) is 0.850. The van der Waals surface area contributed by atoms with Gasteiger partial charge in [-0.2, -0.15) is 5.10 Å². The van der Waals surface area contributed by atoms with Crippen molar-refractivity contribution in [3.8, 4) is 0 Å². The Morgan fingerprint density at radius 2 is 2.04 bits per heavy atom. The van der Waals surface area contributed by atoms with Crippen LogP contribution in [0, 0.1) is 17.3 Å². The summed E-state index contributed by atoms with van der Waals surface area (Å²) in [6.07, 6.45) is 12.3. The van der Waals surface area contributed by atoms with Crippen LogP contribution in [0.4, 0.5) is 0 Å². The zero-order valence-electron chi connectivity index (χ0n) is 15.4. The summed E-state index contributed by atoms with van der Waals surface area (Å²) >= 11 is 0. The van der Waals surface area contributed by atoms with E-state index in [-0.39, 0.29) is 6.10 Å². The van der Waals surface area contributed by atoms with Crippen LogP contribution in [0.2, 0.25) is 0 Å².